The summed E-state index contributed by atoms with van der Waals surface area (Å²) in [6, 6.07) is 23.2. The van der Waals surface area contributed by atoms with Gasteiger partial charge in [-0.3, -0.25) is 9.59 Å². The van der Waals surface area contributed by atoms with Crippen LogP contribution in [-0.4, -0.2) is 35.8 Å². The number of amides is 1. The van der Waals surface area contributed by atoms with Crippen molar-refractivity contribution >= 4 is 40.2 Å². The summed E-state index contributed by atoms with van der Waals surface area (Å²) in [5.41, 5.74) is 3.83. The Morgan fingerprint density at radius 3 is 2.37 bits per heavy atom. The third-order valence-corrected chi connectivity index (χ3v) is 5.73. The summed E-state index contributed by atoms with van der Waals surface area (Å²) in [5.74, 6) is -0.983. The number of carbonyl (C=O) groups excluding carboxylic acids is 3. The van der Waals surface area contributed by atoms with Gasteiger partial charge in [0, 0.05) is 35.0 Å². The molecule has 0 aliphatic carbocycles. The van der Waals surface area contributed by atoms with Crippen molar-refractivity contribution in [3.05, 3.63) is 101 Å². The van der Waals surface area contributed by atoms with E-state index in [0.717, 1.165) is 11.1 Å². The minimum atomic E-state index is -0.598. The number of nitrogens with one attached hydrogen (secondary N) is 1. The number of hydrogen-bond acceptors (Lipinski definition) is 5. The lowest BCUT2D eigenvalue weighted by atomic mass is 10.0. The number of aromatic nitrogens is 1. The lowest BCUT2D eigenvalue weighted by molar-refractivity contribution is -0.118. The van der Waals surface area contributed by atoms with E-state index >= 15 is 0 Å². The van der Waals surface area contributed by atoms with Gasteiger partial charge in [0.05, 0.1) is 16.8 Å². The number of fused-ring (bicyclic) bond motifs is 1. The topological polar surface area (TPSA) is 85.4 Å². The Kier molecular flexibility index (Phi) is 7.53. The molecule has 0 atom stereocenters. The molecule has 0 bridgehead atoms. The van der Waals surface area contributed by atoms with Crippen molar-refractivity contribution in [3.63, 3.8) is 0 Å². The molecule has 1 aromatic heterocycles. The second-order valence-corrected chi connectivity index (χ2v) is 8.44. The maximum absolute atomic E-state index is 13.0. The summed E-state index contributed by atoms with van der Waals surface area (Å²) in [6.45, 7) is 1.62. The molecule has 0 saturated heterocycles. The highest BCUT2D eigenvalue weighted by molar-refractivity contribution is 6.30. The van der Waals surface area contributed by atoms with E-state index in [0.29, 0.717) is 45.7 Å². The maximum atomic E-state index is 13.0. The van der Waals surface area contributed by atoms with Crippen molar-refractivity contribution in [2.45, 2.75) is 13.3 Å². The second-order valence-electron chi connectivity index (χ2n) is 8.01. The predicted octanol–water partition coefficient (Wildman–Crippen LogP) is 5.27. The SMILES string of the molecule is CC(=O)NCCc1ccc(C(=O)COC(=O)c2cc(-c3ccc(Cl)cc3)nc3ccccc23)cc1. The van der Waals surface area contributed by atoms with Crippen LogP contribution in [0.4, 0.5) is 0 Å². The summed E-state index contributed by atoms with van der Waals surface area (Å²) in [5, 5.41) is 3.99. The van der Waals surface area contributed by atoms with E-state index < -0.39 is 5.97 Å². The first-order valence-corrected chi connectivity index (χ1v) is 11.5. The van der Waals surface area contributed by atoms with Crippen molar-refractivity contribution < 1.29 is 19.1 Å². The average Bonchev–Trinajstić information content (AvgIpc) is 2.87. The molecule has 0 unspecified atom stereocenters. The molecule has 0 spiro atoms. The van der Waals surface area contributed by atoms with Gasteiger partial charge in [-0.25, -0.2) is 9.78 Å². The Hall–Kier alpha value is -4.03. The molecule has 176 valence electrons. The summed E-state index contributed by atoms with van der Waals surface area (Å²) in [6.07, 6.45) is 0.661. The van der Waals surface area contributed by atoms with Crippen LogP contribution in [0.3, 0.4) is 0 Å². The summed E-state index contributed by atoms with van der Waals surface area (Å²) < 4.78 is 5.40. The molecule has 7 heteroatoms. The van der Waals surface area contributed by atoms with Gasteiger partial charge in [-0.05, 0) is 36.2 Å². The van der Waals surface area contributed by atoms with Crippen LogP contribution < -0.4 is 5.32 Å². The van der Waals surface area contributed by atoms with E-state index in [1.165, 1.54) is 6.92 Å². The molecule has 4 rings (SSSR count). The maximum Gasteiger partial charge on any atom is 0.339 e. The quantitative estimate of drug-likeness (QED) is 0.271. The lowest BCUT2D eigenvalue weighted by Crippen LogP contribution is -2.22. The normalized spacial score (nSPS) is 10.7. The first kappa shape index (κ1) is 24.1. The van der Waals surface area contributed by atoms with Crippen LogP contribution >= 0.6 is 11.6 Å². The van der Waals surface area contributed by atoms with E-state index in [2.05, 4.69) is 10.3 Å². The van der Waals surface area contributed by atoms with Gasteiger partial charge in [0.2, 0.25) is 5.91 Å². The van der Waals surface area contributed by atoms with Gasteiger partial charge in [0.15, 0.2) is 12.4 Å². The monoisotopic (exact) mass is 486 g/mol. The lowest BCUT2D eigenvalue weighted by Gasteiger charge is -2.10. The van der Waals surface area contributed by atoms with Crippen LogP contribution in [-0.2, 0) is 16.0 Å². The van der Waals surface area contributed by atoms with Gasteiger partial charge in [-0.1, -0.05) is 66.2 Å². The molecule has 6 nitrogen and oxygen atoms in total. The third kappa shape index (κ3) is 6.11. The molecule has 3 aromatic carbocycles. The Labute approximate surface area is 207 Å². The molecule has 0 aliphatic heterocycles. The van der Waals surface area contributed by atoms with Gasteiger partial charge in [-0.15, -0.1) is 0 Å². The molecular formula is C28H23ClN2O4. The molecule has 0 saturated carbocycles. The number of benzene rings is 3. The Morgan fingerprint density at radius 2 is 1.66 bits per heavy atom. The largest absolute Gasteiger partial charge is 0.454 e. The molecule has 1 heterocycles. The van der Waals surface area contributed by atoms with Gasteiger partial charge in [0.1, 0.15) is 0 Å². The van der Waals surface area contributed by atoms with Gasteiger partial charge >= 0.3 is 5.97 Å². The fourth-order valence-electron chi connectivity index (χ4n) is 3.65. The van der Waals surface area contributed by atoms with E-state index in [1.807, 2.05) is 42.5 Å². The Morgan fingerprint density at radius 1 is 0.943 bits per heavy atom. The number of nitrogens with zero attached hydrogens (tertiary/aromatic N) is 1. The van der Waals surface area contributed by atoms with E-state index in [-0.39, 0.29) is 18.3 Å². The van der Waals surface area contributed by atoms with E-state index in [1.54, 1.807) is 36.4 Å². The molecule has 0 fully saturated rings. The molecule has 1 N–H and O–H groups in total. The van der Waals surface area contributed by atoms with Crippen LogP contribution in [0.15, 0.2) is 78.9 Å². The predicted molar refractivity (Wildman–Crippen MR) is 136 cm³/mol. The summed E-state index contributed by atoms with van der Waals surface area (Å²) >= 11 is 6.00. The fraction of sp³-hybridized carbons (Fsp3) is 0.143. The zero-order valence-corrected chi connectivity index (χ0v) is 19.8. The van der Waals surface area contributed by atoms with E-state index in [9.17, 15) is 14.4 Å². The van der Waals surface area contributed by atoms with Crippen LogP contribution in [0.1, 0.15) is 33.2 Å². The number of carbonyl (C=O) groups is 3. The molecule has 1 amide bonds. The van der Waals surface area contributed by atoms with Gasteiger partial charge in [-0.2, -0.15) is 0 Å². The number of esters is 1. The number of ketones is 1. The van der Waals surface area contributed by atoms with Crippen molar-refractivity contribution in [3.8, 4) is 11.3 Å². The molecule has 0 radical (unpaired) electrons. The zero-order valence-electron chi connectivity index (χ0n) is 19.1. The van der Waals surface area contributed by atoms with Crippen LogP contribution in [0.5, 0.6) is 0 Å². The van der Waals surface area contributed by atoms with Crippen molar-refractivity contribution in [1.82, 2.24) is 10.3 Å². The first-order chi connectivity index (χ1) is 16.9. The minimum absolute atomic E-state index is 0.0825. The van der Waals surface area contributed by atoms with E-state index in [4.69, 9.17) is 16.3 Å². The number of para-hydroxylation sites is 1. The highest BCUT2D eigenvalue weighted by Gasteiger charge is 2.17. The smallest absolute Gasteiger partial charge is 0.339 e. The van der Waals surface area contributed by atoms with Crippen LogP contribution in [0.2, 0.25) is 5.02 Å². The number of Topliss-reactive ketones (excluding diaryl/α,β-unsaturated/α-hetero) is 1. The highest BCUT2D eigenvalue weighted by atomic mass is 35.5. The van der Waals surface area contributed by atoms with Crippen LogP contribution in [0, 0.1) is 0 Å². The highest BCUT2D eigenvalue weighted by Crippen LogP contribution is 2.26. The minimum Gasteiger partial charge on any atom is -0.454 e. The third-order valence-electron chi connectivity index (χ3n) is 5.47. The second kappa shape index (κ2) is 10.9. The first-order valence-electron chi connectivity index (χ1n) is 11.1. The molecular weight excluding hydrogens is 464 g/mol. The molecule has 0 aliphatic rings. The molecule has 4 aromatic rings. The zero-order chi connectivity index (χ0) is 24.8. The Balaban J connectivity index is 1.48. The van der Waals surface area contributed by atoms with Crippen molar-refractivity contribution in [2.24, 2.45) is 0 Å². The van der Waals surface area contributed by atoms with Gasteiger partial charge < -0.3 is 10.1 Å². The number of pyridine rings is 1. The number of rotatable bonds is 8. The summed E-state index contributed by atoms with van der Waals surface area (Å²) in [7, 11) is 0. The number of hydrogen-bond donors (Lipinski definition) is 1. The van der Waals surface area contributed by atoms with Crippen molar-refractivity contribution in [2.75, 3.05) is 13.2 Å². The van der Waals surface area contributed by atoms with Gasteiger partial charge in [0.25, 0.3) is 0 Å². The number of ether oxygens (including phenoxy) is 1. The number of halogens is 1. The fourth-order valence-corrected chi connectivity index (χ4v) is 3.77. The molecule has 35 heavy (non-hydrogen) atoms. The standard InChI is InChI=1S/C28H23ClN2O4/c1-18(32)30-15-14-19-6-8-21(9-7-19)27(33)17-35-28(34)24-16-26(20-10-12-22(29)13-11-20)31-25-5-3-2-4-23(24)25/h2-13,16H,14-15,17H2,1H3,(H,30,32). The average molecular weight is 487 g/mol. The van der Waals surface area contributed by atoms with Crippen LogP contribution in [0.25, 0.3) is 22.2 Å². The Bertz CT molecular complexity index is 1380. The summed E-state index contributed by atoms with van der Waals surface area (Å²) in [4.78, 5) is 41.3. The van der Waals surface area contributed by atoms with Crippen molar-refractivity contribution in [1.29, 1.82) is 0 Å².